The van der Waals surface area contributed by atoms with E-state index >= 15 is 4.11 Å². The zero-order valence-corrected chi connectivity index (χ0v) is 14.9. The predicted molar refractivity (Wildman–Crippen MR) is 83.3 cm³/mol. The zero-order valence-electron chi connectivity index (χ0n) is 13.9. The van der Waals surface area contributed by atoms with E-state index in [1.807, 2.05) is 53.7 Å². The van der Waals surface area contributed by atoms with E-state index in [2.05, 4.69) is 20.8 Å². The molecule has 0 amide bonds. The van der Waals surface area contributed by atoms with Crippen molar-refractivity contribution in [1.29, 1.82) is 0 Å². The second-order valence-corrected chi connectivity index (χ2v) is 13.4. The van der Waals surface area contributed by atoms with Gasteiger partial charge in [-0.2, -0.15) is 0 Å². The van der Waals surface area contributed by atoms with Gasteiger partial charge in [0.25, 0.3) is 0 Å². The first-order chi connectivity index (χ1) is 8.21. The Morgan fingerprint density at radius 1 is 0.842 bits per heavy atom. The highest BCUT2D eigenvalue weighted by Crippen LogP contribution is 2.51. The van der Waals surface area contributed by atoms with Crippen molar-refractivity contribution in [1.82, 2.24) is 0 Å². The fourth-order valence-electron chi connectivity index (χ4n) is 2.79. The van der Waals surface area contributed by atoms with Crippen LogP contribution in [0.15, 0.2) is 16.5 Å². The molecule has 0 saturated heterocycles. The standard InChI is InChI=1S/C16H29FOSi/c1-14(2,3)12-10-11-13(18-12)19(17,15(4,5)6)16(7,8)9/h10-11H,1-9H3. The summed E-state index contributed by atoms with van der Waals surface area (Å²) in [5.41, 5.74) is -0.0800. The van der Waals surface area contributed by atoms with E-state index in [4.69, 9.17) is 4.42 Å². The summed E-state index contributed by atoms with van der Waals surface area (Å²) in [6.07, 6.45) is 0. The second-order valence-electron chi connectivity index (χ2n) is 8.57. The molecule has 0 N–H and O–H groups in total. The molecule has 0 atom stereocenters. The maximum absolute atomic E-state index is 16.0. The predicted octanol–water partition coefficient (Wildman–Crippen LogP) is 5.30. The normalized spacial score (nSPS) is 14.8. The Balaban J connectivity index is 3.41. The van der Waals surface area contributed by atoms with Crippen LogP contribution in [0, 0.1) is 0 Å². The Morgan fingerprint density at radius 3 is 1.53 bits per heavy atom. The van der Waals surface area contributed by atoms with Gasteiger partial charge in [0.2, 0.25) is 0 Å². The van der Waals surface area contributed by atoms with Crippen molar-refractivity contribution in [2.75, 3.05) is 0 Å². The molecule has 1 heterocycles. The topological polar surface area (TPSA) is 13.1 Å². The Bertz CT molecular complexity index is 427. The van der Waals surface area contributed by atoms with Gasteiger partial charge in [-0.15, -0.1) is 0 Å². The van der Waals surface area contributed by atoms with E-state index in [0.717, 1.165) is 5.76 Å². The highest BCUT2D eigenvalue weighted by Gasteiger charge is 2.59. The van der Waals surface area contributed by atoms with Crippen LogP contribution in [-0.4, -0.2) is 8.41 Å². The highest BCUT2D eigenvalue weighted by atomic mass is 28.4. The molecule has 1 rings (SSSR count). The van der Waals surface area contributed by atoms with Gasteiger partial charge in [0, 0.05) is 5.41 Å². The fourth-order valence-corrected chi connectivity index (χ4v) is 7.08. The summed E-state index contributed by atoms with van der Waals surface area (Å²) in [5.74, 6) is 0.866. The maximum Gasteiger partial charge on any atom is 0.326 e. The van der Waals surface area contributed by atoms with Gasteiger partial charge < -0.3 is 8.52 Å². The van der Waals surface area contributed by atoms with Crippen LogP contribution < -0.4 is 5.38 Å². The monoisotopic (exact) mass is 284 g/mol. The van der Waals surface area contributed by atoms with Crippen LogP contribution in [0.4, 0.5) is 4.11 Å². The van der Waals surface area contributed by atoms with Crippen LogP contribution in [0.1, 0.15) is 68.1 Å². The van der Waals surface area contributed by atoms with Gasteiger partial charge in [-0.1, -0.05) is 62.3 Å². The molecule has 3 heteroatoms. The minimum Gasteiger partial charge on any atom is -0.467 e. The SMILES string of the molecule is CC(C)(C)c1ccc([Si](F)(C(C)(C)C)C(C)(C)C)o1. The second kappa shape index (κ2) is 4.47. The first-order valence-corrected chi connectivity index (χ1v) is 8.89. The molecule has 1 aromatic rings. The molecular weight excluding hydrogens is 255 g/mol. The maximum atomic E-state index is 16.0. The van der Waals surface area contributed by atoms with Crippen molar-refractivity contribution in [3.63, 3.8) is 0 Å². The third-order valence-electron chi connectivity index (χ3n) is 3.75. The van der Waals surface area contributed by atoms with E-state index in [9.17, 15) is 0 Å². The molecule has 1 nitrogen and oxygen atoms in total. The van der Waals surface area contributed by atoms with Gasteiger partial charge >= 0.3 is 8.41 Å². The lowest BCUT2D eigenvalue weighted by Crippen LogP contribution is -2.57. The molecule has 0 aliphatic heterocycles. The van der Waals surface area contributed by atoms with Gasteiger partial charge in [-0.25, -0.2) is 0 Å². The summed E-state index contributed by atoms with van der Waals surface area (Å²) in [5, 5.41) is -0.200. The summed E-state index contributed by atoms with van der Waals surface area (Å²) in [7, 11) is -3.25. The minimum absolute atomic E-state index is 0.0800. The lowest BCUT2D eigenvalue weighted by atomic mass is 9.94. The van der Waals surface area contributed by atoms with E-state index in [1.54, 1.807) is 0 Å². The van der Waals surface area contributed by atoms with Crippen LogP contribution in [0.25, 0.3) is 0 Å². The van der Waals surface area contributed by atoms with Gasteiger partial charge in [0.1, 0.15) is 11.1 Å². The van der Waals surface area contributed by atoms with Crippen LogP contribution in [0.2, 0.25) is 10.1 Å². The summed E-state index contributed by atoms with van der Waals surface area (Å²) < 4.78 is 21.9. The molecule has 0 radical (unpaired) electrons. The molecule has 0 unspecified atom stereocenters. The molecule has 0 aromatic carbocycles. The van der Waals surface area contributed by atoms with Crippen molar-refractivity contribution in [3.8, 4) is 0 Å². The lowest BCUT2D eigenvalue weighted by Gasteiger charge is -2.42. The summed E-state index contributed by atoms with van der Waals surface area (Å²) in [6, 6.07) is 3.80. The van der Waals surface area contributed by atoms with Crippen LogP contribution in [0.3, 0.4) is 0 Å². The number of halogens is 1. The minimum atomic E-state index is -3.25. The third kappa shape index (κ3) is 2.81. The smallest absolute Gasteiger partial charge is 0.326 e. The lowest BCUT2D eigenvalue weighted by molar-refractivity contribution is 0.411. The van der Waals surface area contributed by atoms with Crippen molar-refractivity contribution < 1.29 is 8.52 Å². The molecule has 19 heavy (non-hydrogen) atoms. The molecule has 0 aliphatic rings. The largest absolute Gasteiger partial charge is 0.467 e. The van der Waals surface area contributed by atoms with E-state index < -0.39 is 18.5 Å². The quantitative estimate of drug-likeness (QED) is 0.504. The van der Waals surface area contributed by atoms with Crippen LogP contribution in [-0.2, 0) is 5.41 Å². The molecule has 110 valence electrons. The molecule has 0 saturated carbocycles. The molecule has 1 aromatic heterocycles. The van der Waals surface area contributed by atoms with Crippen LogP contribution >= 0.6 is 0 Å². The molecule has 0 fully saturated rings. The van der Waals surface area contributed by atoms with Crippen LogP contribution in [0.5, 0.6) is 0 Å². The average Bonchev–Trinajstić information content (AvgIpc) is 2.60. The number of furan rings is 1. The fraction of sp³-hybridized carbons (Fsp3) is 0.750. The summed E-state index contributed by atoms with van der Waals surface area (Å²) in [6.45, 7) is 18.2. The zero-order chi connectivity index (χ0) is 15.3. The highest BCUT2D eigenvalue weighted by molar-refractivity contribution is 6.89. The molecule has 0 bridgehead atoms. The van der Waals surface area contributed by atoms with E-state index in [1.165, 1.54) is 0 Å². The number of rotatable bonds is 1. The molecular formula is C16H29FOSi. The molecule has 0 aliphatic carbocycles. The Morgan fingerprint density at radius 2 is 1.26 bits per heavy atom. The van der Waals surface area contributed by atoms with Crippen molar-refractivity contribution in [3.05, 3.63) is 17.9 Å². The summed E-state index contributed by atoms with van der Waals surface area (Å²) >= 11 is 0. The third-order valence-corrected chi connectivity index (χ3v) is 8.83. The van der Waals surface area contributed by atoms with E-state index in [0.29, 0.717) is 5.38 Å². The first-order valence-electron chi connectivity index (χ1n) is 7.01. The molecule has 0 spiro atoms. The summed E-state index contributed by atoms with van der Waals surface area (Å²) in [4.78, 5) is 0. The van der Waals surface area contributed by atoms with Gasteiger partial charge in [0.05, 0.1) is 0 Å². The van der Waals surface area contributed by atoms with Crippen molar-refractivity contribution in [2.45, 2.75) is 77.8 Å². The van der Waals surface area contributed by atoms with Gasteiger partial charge in [0.15, 0.2) is 0 Å². The van der Waals surface area contributed by atoms with Crippen molar-refractivity contribution >= 4 is 13.8 Å². The Labute approximate surface area is 118 Å². The number of hydrogen-bond donors (Lipinski definition) is 0. The van der Waals surface area contributed by atoms with Crippen molar-refractivity contribution in [2.24, 2.45) is 0 Å². The average molecular weight is 284 g/mol. The Kier molecular flexibility index (Phi) is 3.88. The van der Waals surface area contributed by atoms with Gasteiger partial charge in [-0.3, -0.25) is 0 Å². The van der Waals surface area contributed by atoms with Gasteiger partial charge in [-0.05, 0) is 22.2 Å². The first kappa shape index (κ1) is 16.5. The number of hydrogen-bond acceptors (Lipinski definition) is 1. The van der Waals surface area contributed by atoms with E-state index in [-0.39, 0.29) is 5.41 Å². The Hall–Kier alpha value is -0.573.